The number of nitrogens with zero attached hydrogens (tertiary/aromatic N) is 2. The van der Waals surface area contributed by atoms with Gasteiger partial charge in [0.2, 0.25) is 0 Å². The quantitative estimate of drug-likeness (QED) is 0.849. The predicted molar refractivity (Wildman–Crippen MR) is 97.1 cm³/mol. The zero-order valence-electron chi connectivity index (χ0n) is 14.6. The van der Waals surface area contributed by atoms with Crippen molar-refractivity contribution in [3.05, 3.63) is 65.5 Å². The Balaban J connectivity index is 1.75. The number of carbonyl (C=O) groups is 1. The standard InChI is InChI=1S/C20H25N3O2/c1-15(16-9-11-21-12-10-16)22-20(25)23(13-4-14-24)19-8-7-17-5-2-3-6-18(17)19/h2-3,5-6,9-12,15,19,24H,4,7-8,13-14H2,1H3,(H,22,25)/t15-,19+/m1/s1. The van der Waals surface area contributed by atoms with Gasteiger partial charge in [-0.3, -0.25) is 4.98 Å². The Morgan fingerprint density at radius 3 is 2.84 bits per heavy atom. The summed E-state index contributed by atoms with van der Waals surface area (Å²) in [6, 6.07) is 12.0. The number of aryl methyl sites for hydroxylation is 1. The van der Waals surface area contributed by atoms with Crippen molar-refractivity contribution in [2.45, 2.75) is 38.3 Å². The maximum absolute atomic E-state index is 12.9. The topological polar surface area (TPSA) is 65.5 Å². The molecule has 2 amide bonds. The van der Waals surface area contributed by atoms with Crippen LogP contribution in [0.4, 0.5) is 4.79 Å². The van der Waals surface area contributed by atoms with E-state index in [0.717, 1.165) is 18.4 Å². The highest BCUT2D eigenvalue weighted by Crippen LogP contribution is 2.35. The normalized spacial score (nSPS) is 17.0. The lowest BCUT2D eigenvalue weighted by Crippen LogP contribution is -2.43. The molecule has 0 unspecified atom stereocenters. The van der Waals surface area contributed by atoms with Crippen molar-refractivity contribution < 1.29 is 9.90 Å². The molecule has 2 N–H and O–H groups in total. The van der Waals surface area contributed by atoms with Crippen molar-refractivity contribution in [2.75, 3.05) is 13.2 Å². The van der Waals surface area contributed by atoms with E-state index in [0.29, 0.717) is 13.0 Å². The minimum Gasteiger partial charge on any atom is -0.396 e. The van der Waals surface area contributed by atoms with Crippen LogP contribution in [0.25, 0.3) is 0 Å². The lowest BCUT2D eigenvalue weighted by Gasteiger charge is -2.31. The summed E-state index contributed by atoms with van der Waals surface area (Å²) in [4.78, 5) is 18.8. The molecule has 0 saturated heterocycles. The minimum atomic E-state index is -0.0937. The van der Waals surface area contributed by atoms with Crippen molar-refractivity contribution in [2.24, 2.45) is 0 Å². The average molecular weight is 339 g/mol. The first kappa shape index (κ1) is 17.4. The fourth-order valence-corrected chi connectivity index (χ4v) is 3.50. The van der Waals surface area contributed by atoms with E-state index in [1.807, 2.05) is 36.1 Å². The van der Waals surface area contributed by atoms with Crippen LogP contribution < -0.4 is 5.32 Å². The maximum atomic E-state index is 12.9. The first-order chi connectivity index (χ1) is 12.2. The van der Waals surface area contributed by atoms with Crippen molar-refractivity contribution in [3.63, 3.8) is 0 Å². The largest absolute Gasteiger partial charge is 0.396 e. The van der Waals surface area contributed by atoms with Crippen LogP contribution in [0.5, 0.6) is 0 Å². The summed E-state index contributed by atoms with van der Waals surface area (Å²) >= 11 is 0. The Morgan fingerprint density at radius 1 is 1.32 bits per heavy atom. The molecule has 1 heterocycles. The Hall–Kier alpha value is -2.40. The van der Waals surface area contributed by atoms with Crippen LogP contribution in [0.2, 0.25) is 0 Å². The van der Waals surface area contributed by atoms with Crippen molar-refractivity contribution in [1.29, 1.82) is 0 Å². The lowest BCUT2D eigenvalue weighted by molar-refractivity contribution is 0.162. The third-order valence-electron chi connectivity index (χ3n) is 4.84. The fourth-order valence-electron chi connectivity index (χ4n) is 3.50. The molecule has 0 bridgehead atoms. The number of fused-ring (bicyclic) bond motifs is 1. The number of hydrogen-bond donors (Lipinski definition) is 2. The van der Waals surface area contributed by atoms with Crippen molar-refractivity contribution in [1.82, 2.24) is 15.2 Å². The lowest BCUT2D eigenvalue weighted by atomic mass is 10.1. The Morgan fingerprint density at radius 2 is 2.08 bits per heavy atom. The molecule has 5 heteroatoms. The first-order valence-corrected chi connectivity index (χ1v) is 8.86. The third kappa shape index (κ3) is 3.99. The van der Waals surface area contributed by atoms with Gasteiger partial charge in [-0.15, -0.1) is 0 Å². The third-order valence-corrected chi connectivity index (χ3v) is 4.84. The molecule has 25 heavy (non-hydrogen) atoms. The summed E-state index contributed by atoms with van der Waals surface area (Å²) in [6.07, 6.45) is 5.96. The smallest absolute Gasteiger partial charge is 0.318 e. The molecule has 132 valence electrons. The molecule has 0 spiro atoms. The minimum absolute atomic E-state index is 0.0763. The summed E-state index contributed by atoms with van der Waals surface area (Å²) < 4.78 is 0. The zero-order chi connectivity index (χ0) is 17.6. The number of amides is 2. The van der Waals surface area contributed by atoms with Crippen LogP contribution in [-0.2, 0) is 6.42 Å². The number of pyridine rings is 1. The SMILES string of the molecule is C[C@@H](NC(=O)N(CCCO)[C@H]1CCc2ccccc21)c1ccncc1. The van der Waals surface area contributed by atoms with E-state index < -0.39 is 0 Å². The zero-order valence-corrected chi connectivity index (χ0v) is 14.6. The summed E-state index contributed by atoms with van der Waals surface area (Å²) in [5, 5.41) is 12.3. The van der Waals surface area contributed by atoms with E-state index in [1.54, 1.807) is 12.4 Å². The second-order valence-electron chi connectivity index (χ2n) is 6.48. The molecule has 0 aliphatic heterocycles. The van der Waals surface area contributed by atoms with Crippen LogP contribution in [0.3, 0.4) is 0 Å². The van der Waals surface area contributed by atoms with Crippen LogP contribution in [0.15, 0.2) is 48.8 Å². The Kier molecular flexibility index (Phi) is 5.66. The van der Waals surface area contributed by atoms with Gasteiger partial charge in [0.05, 0.1) is 12.1 Å². The van der Waals surface area contributed by atoms with Crippen LogP contribution in [0, 0.1) is 0 Å². The highest BCUT2D eigenvalue weighted by molar-refractivity contribution is 5.75. The molecule has 5 nitrogen and oxygen atoms in total. The molecule has 0 radical (unpaired) electrons. The molecule has 1 aromatic carbocycles. The van der Waals surface area contributed by atoms with Gasteiger partial charge in [-0.1, -0.05) is 24.3 Å². The highest BCUT2D eigenvalue weighted by Gasteiger charge is 2.31. The van der Waals surface area contributed by atoms with Crippen LogP contribution in [0.1, 0.15) is 48.5 Å². The summed E-state index contributed by atoms with van der Waals surface area (Å²) in [5.74, 6) is 0. The van der Waals surface area contributed by atoms with Gasteiger partial charge >= 0.3 is 6.03 Å². The summed E-state index contributed by atoms with van der Waals surface area (Å²) in [6.45, 7) is 2.60. The first-order valence-electron chi connectivity index (χ1n) is 8.86. The molecule has 0 fully saturated rings. The summed E-state index contributed by atoms with van der Waals surface area (Å²) in [7, 11) is 0. The van der Waals surface area contributed by atoms with E-state index in [1.165, 1.54) is 11.1 Å². The molecule has 0 saturated carbocycles. The molecule has 3 rings (SSSR count). The van der Waals surface area contributed by atoms with Gasteiger partial charge in [0.1, 0.15) is 0 Å². The number of aromatic nitrogens is 1. The molecule has 1 aliphatic carbocycles. The Bertz CT molecular complexity index is 705. The number of urea groups is 1. The van der Waals surface area contributed by atoms with Gasteiger partial charge < -0.3 is 15.3 Å². The van der Waals surface area contributed by atoms with E-state index in [2.05, 4.69) is 22.4 Å². The molecule has 1 aliphatic rings. The van der Waals surface area contributed by atoms with Gasteiger partial charge in [0.15, 0.2) is 0 Å². The number of hydrogen-bond acceptors (Lipinski definition) is 3. The van der Waals surface area contributed by atoms with Gasteiger partial charge in [0.25, 0.3) is 0 Å². The van der Waals surface area contributed by atoms with E-state index in [4.69, 9.17) is 0 Å². The molecule has 2 aromatic rings. The second kappa shape index (κ2) is 8.12. The van der Waals surface area contributed by atoms with E-state index in [9.17, 15) is 9.90 Å². The van der Waals surface area contributed by atoms with Gasteiger partial charge in [-0.25, -0.2) is 4.79 Å². The number of aliphatic hydroxyl groups excluding tert-OH is 1. The van der Waals surface area contributed by atoms with Gasteiger partial charge in [0, 0.05) is 25.5 Å². The van der Waals surface area contributed by atoms with Gasteiger partial charge in [-0.05, 0) is 55.0 Å². The van der Waals surface area contributed by atoms with Crippen molar-refractivity contribution >= 4 is 6.03 Å². The second-order valence-corrected chi connectivity index (χ2v) is 6.48. The number of rotatable bonds is 6. The highest BCUT2D eigenvalue weighted by atomic mass is 16.3. The molecular formula is C20H25N3O2. The number of benzene rings is 1. The predicted octanol–water partition coefficient (Wildman–Crippen LogP) is 3.22. The average Bonchev–Trinajstić information content (AvgIpc) is 3.07. The van der Waals surface area contributed by atoms with Gasteiger partial charge in [-0.2, -0.15) is 0 Å². The van der Waals surface area contributed by atoms with Crippen LogP contribution in [-0.4, -0.2) is 34.2 Å². The fraction of sp³-hybridized carbons (Fsp3) is 0.400. The number of carbonyl (C=O) groups excluding carboxylic acids is 1. The summed E-state index contributed by atoms with van der Waals surface area (Å²) in [5.41, 5.74) is 3.57. The molecular weight excluding hydrogens is 314 g/mol. The van der Waals surface area contributed by atoms with E-state index >= 15 is 0 Å². The molecule has 1 aromatic heterocycles. The Labute approximate surface area is 148 Å². The van der Waals surface area contributed by atoms with Crippen LogP contribution >= 0.6 is 0 Å². The van der Waals surface area contributed by atoms with E-state index in [-0.39, 0.29) is 24.7 Å². The maximum Gasteiger partial charge on any atom is 0.318 e. The molecule has 2 atom stereocenters. The number of aliphatic hydroxyl groups is 1. The monoisotopic (exact) mass is 339 g/mol. The van der Waals surface area contributed by atoms with Crippen molar-refractivity contribution in [3.8, 4) is 0 Å². The number of nitrogens with one attached hydrogen (secondary N) is 1.